The molecule has 0 N–H and O–H groups in total. The summed E-state index contributed by atoms with van der Waals surface area (Å²) < 4.78 is 0. The van der Waals surface area contributed by atoms with Crippen LogP contribution in [0.15, 0.2) is 0 Å². The molecule has 0 rings (SSSR count). The van der Waals surface area contributed by atoms with Gasteiger partial charge >= 0.3 is 17.1 Å². The third-order valence-electron chi connectivity index (χ3n) is 3.23. The molecule has 0 aromatic carbocycles. The van der Waals surface area contributed by atoms with Crippen molar-refractivity contribution in [3.05, 3.63) is 0 Å². The predicted molar refractivity (Wildman–Crippen MR) is 74.4 cm³/mol. The summed E-state index contributed by atoms with van der Waals surface area (Å²) in [4.78, 5) is 56.4. The van der Waals surface area contributed by atoms with Gasteiger partial charge in [-0.1, -0.05) is 0 Å². The Labute approximate surface area is 170 Å². The molecule has 0 atom stereocenters. The van der Waals surface area contributed by atoms with E-state index in [-0.39, 0.29) is 43.2 Å². The molecule has 13 nitrogen and oxygen atoms in total. The number of carboxylic acids is 5. The van der Waals surface area contributed by atoms with Crippen LogP contribution in [-0.2, 0) is 41.0 Å². The van der Waals surface area contributed by atoms with Gasteiger partial charge in [0.2, 0.25) is 0 Å². The molecule has 156 valence electrons. The first-order valence-corrected chi connectivity index (χ1v) is 7.66. The SMILES string of the molecule is O=C([O-])CN(CCN(CC(=O)[O-])CC(=O)[O-])CCN(CC(=O)[O-])CC(=O)[O-].[Fe+6]. The van der Waals surface area contributed by atoms with Crippen LogP contribution in [0.3, 0.4) is 0 Å². The van der Waals surface area contributed by atoms with Gasteiger partial charge in [-0.05, 0) is 0 Å². The fraction of sp³-hybridized carbons (Fsp3) is 0.643. The molecular formula is C14H18FeN3O10+. The first-order valence-electron chi connectivity index (χ1n) is 7.66. The molecule has 14 heteroatoms. The van der Waals surface area contributed by atoms with Crippen molar-refractivity contribution in [2.45, 2.75) is 0 Å². The minimum Gasteiger partial charge on any atom is -0.549 e. The minimum absolute atomic E-state index is 0. The fourth-order valence-electron chi connectivity index (χ4n) is 2.18. The van der Waals surface area contributed by atoms with Crippen LogP contribution in [0.25, 0.3) is 0 Å². The summed E-state index contributed by atoms with van der Waals surface area (Å²) in [5.74, 6) is -7.67. The van der Waals surface area contributed by atoms with Crippen LogP contribution in [0.5, 0.6) is 0 Å². The topological polar surface area (TPSA) is 210 Å². The smallest absolute Gasteiger partial charge is 0.549 e. The van der Waals surface area contributed by atoms with Crippen molar-refractivity contribution in [1.29, 1.82) is 0 Å². The quantitative estimate of drug-likeness (QED) is 0.203. The summed E-state index contributed by atoms with van der Waals surface area (Å²) in [6.45, 7) is -4.16. The Morgan fingerprint density at radius 1 is 0.429 bits per heavy atom. The molecule has 0 radical (unpaired) electrons. The molecule has 0 aliphatic rings. The Hall–Kier alpha value is -2.25. The maximum absolute atomic E-state index is 10.8. The van der Waals surface area contributed by atoms with E-state index in [0.29, 0.717) is 0 Å². The van der Waals surface area contributed by atoms with Gasteiger partial charge in [0.05, 0.1) is 29.8 Å². The molecule has 0 fully saturated rings. The molecule has 0 aromatic heterocycles. The van der Waals surface area contributed by atoms with Crippen LogP contribution in [-0.4, -0.2) is 103 Å². The van der Waals surface area contributed by atoms with Crippen LogP contribution in [0.1, 0.15) is 0 Å². The number of hydrogen-bond acceptors (Lipinski definition) is 13. The van der Waals surface area contributed by atoms with Crippen molar-refractivity contribution in [2.75, 3.05) is 58.9 Å². The molecule has 0 spiro atoms. The second-order valence-corrected chi connectivity index (χ2v) is 5.56. The van der Waals surface area contributed by atoms with E-state index < -0.39 is 62.6 Å². The first kappa shape index (κ1) is 28.0. The van der Waals surface area contributed by atoms with Gasteiger partial charge in [-0.25, -0.2) is 0 Å². The van der Waals surface area contributed by atoms with E-state index in [4.69, 9.17) is 0 Å². The Morgan fingerprint density at radius 2 is 0.607 bits per heavy atom. The van der Waals surface area contributed by atoms with Crippen molar-refractivity contribution in [1.82, 2.24) is 14.7 Å². The molecule has 0 aromatic rings. The van der Waals surface area contributed by atoms with Gasteiger partial charge in [0.1, 0.15) is 0 Å². The summed E-state index contributed by atoms with van der Waals surface area (Å²) in [5.41, 5.74) is 0. The Kier molecular flexibility index (Phi) is 14.7. The Balaban J connectivity index is 0. The van der Waals surface area contributed by atoms with Crippen molar-refractivity contribution in [3.63, 3.8) is 0 Å². The number of aliphatic carboxylic acids is 5. The number of carboxylic acid groups (broad SMARTS) is 5. The molecule has 0 aliphatic heterocycles. The number of carbonyl (C=O) groups excluding carboxylic acids is 5. The first-order chi connectivity index (χ1) is 12.5. The van der Waals surface area contributed by atoms with Crippen molar-refractivity contribution in [3.8, 4) is 0 Å². The third-order valence-corrected chi connectivity index (χ3v) is 3.23. The molecule has 0 saturated carbocycles. The third kappa shape index (κ3) is 16.0. The molecule has 0 saturated heterocycles. The van der Waals surface area contributed by atoms with Gasteiger partial charge in [-0.3, -0.25) is 14.7 Å². The summed E-state index contributed by atoms with van der Waals surface area (Å²) in [6.07, 6.45) is 0. The summed E-state index contributed by atoms with van der Waals surface area (Å²) >= 11 is 0. The number of nitrogens with zero attached hydrogens (tertiary/aromatic N) is 3. The second-order valence-electron chi connectivity index (χ2n) is 5.56. The molecule has 0 heterocycles. The monoisotopic (exact) mass is 444 g/mol. The normalized spacial score (nSPS) is 10.7. The van der Waals surface area contributed by atoms with Gasteiger partial charge in [-0.15, -0.1) is 0 Å². The van der Waals surface area contributed by atoms with E-state index in [1.165, 1.54) is 4.90 Å². The molecule has 0 amide bonds. The van der Waals surface area contributed by atoms with Crippen LogP contribution in [0.4, 0.5) is 0 Å². The van der Waals surface area contributed by atoms with E-state index in [2.05, 4.69) is 0 Å². The summed E-state index contributed by atoms with van der Waals surface area (Å²) in [6, 6.07) is 0. The number of hydrogen-bond donors (Lipinski definition) is 0. The van der Waals surface area contributed by atoms with E-state index in [1.807, 2.05) is 0 Å². The largest absolute Gasteiger partial charge is 6.00 e. The van der Waals surface area contributed by atoms with Crippen LogP contribution < -0.4 is 25.5 Å². The van der Waals surface area contributed by atoms with Crippen molar-refractivity contribution < 1.29 is 66.6 Å². The second kappa shape index (κ2) is 14.8. The van der Waals surface area contributed by atoms with Gasteiger partial charge in [0, 0.05) is 58.9 Å². The molecule has 0 aliphatic carbocycles. The maximum atomic E-state index is 10.8. The van der Waals surface area contributed by atoms with Crippen LogP contribution in [0, 0.1) is 0 Å². The van der Waals surface area contributed by atoms with E-state index >= 15 is 0 Å². The summed E-state index contributed by atoms with van der Waals surface area (Å²) in [5, 5.41) is 53.3. The zero-order chi connectivity index (χ0) is 21.0. The number of rotatable bonds is 16. The van der Waals surface area contributed by atoms with Gasteiger partial charge in [0.25, 0.3) is 0 Å². The standard InChI is InChI=1S/C14H23N3O10.Fe/c18-10(19)5-15(1-3-16(6-11(20)21)7-12(22)23)2-4-17(8-13(24)25)9-14(26)27;/h1-9H2,(H,18,19)(H,20,21)(H,22,23)(H,24,25)(H,26,27);/q;+6/p-5. The van der Waals surface area contributed by atoms with E-state index in [9.17, 15) is 49.5 Å². The average Bonchev–Trinajstić information content (AvgIpc) is 2.46. The van der Waals surface area contributed by atoms with Gasteiger partial charge in [-0.2, -0.15) is 0 Å². The van der Waals surface area contributed by atoms with E-state index in [0.717, 1.165) is 9.80 Å². The zero-order valence-electron chi connectivity index (χ0n) is 14.6. The molecule has 0 bridgehead atoms. The maximum Gasteiger partial charge on any atom is 6.00 e. The molecular weight excluding hydrogens is 426 g/mol. The predicted octanol–water partition coefficient (Wildman–Crippen LogP) is -9.36. The average molecular weight is 444 g/mol. The Bertz CT molecular complexity index is 487. The van der Waals surface area contributed by atoms with Crippen molar-refractivity contribution >= 4 is 29.8 Å². The zero-order valence-corrected chi connectivity index (χ0v) is 15.7. The summed E-state index contributed by atoms with van der Waals surface area (Å²) in [7, 11) is 0. The number of carbonyl (C=O) groups is 5. The Morgan fingerprint density at radius 3 is 0.821 bits per heavy atom. The van der Waals surface area contributed by atoms with Crippen LogP contribution >= 0.6 is 0 Å². The van der Waals surface area contributed by atoms with Crippen molar-refractivity contribution in [2.24, 2.45) is 0 Å². The van der Waals surface area contributed by atoms with Gasteiger partial charge < -0.3 is 49.5 Å². The molecule has 0 unspecified atom stereocenters. The minimum atomic E-state index is -1.54. The molecule has 28 heavy (non-hydrogen) atoms. The van der Waals surface area contributed by atoms with E-state index in [1.54, 1.807) is 0 Å². The van der Waals surface area contributed by atoms with Crippen LogP contribution in [0.2, 0.25) is 0 Å². The van der Waals surface area contributed by atoms with Gasteiger partial charge in [0.15, 0.2) is 0 Å². The fourth-order valence-corrected chi connectivity index (χ4v) is 2.18.